The Balaban J connectivity index is 0.860. The van der Waals surface area contributed by atoms with Crippen LogP contribution in [-0.2, 0) is 31.1 Å². The fraction of sp³-hybridized carbons (Fsp3) is 0.242. The highest BCUT2D eigenvalue weighted by atomic mass is 32.2. The molecule has 272 valence electrons. The van der Waals surface area contributed by atoms with E-state index in [1.807, 2.05) is 6.20 Å². The maximum atomic E-state index is 15.4. The summed E-state index contributed by atoms with van der Waals surface area (Å²) in [5.41, 5.74) is 1.35. The van der Waals surface area contributed by atoms with E-state index in [4.69, 9.17) is 0 Å². The number of nitrogens with one attached hydrogen (secondary N) is 4. The second-order valence-corrected chi connectivity index (χ2v) is 14.5. The average Bonchev–Trinajstić information content (AvgIpc) is 3.72. The molecule has 53 heavy (non-hydrogen) atoms. The monoisotopic (exact) mass is 745 g/mol. The maximum absolute atomic E-state index is 15.4. The predicted molar refractivity (Wildman–Crippen MR) is 182 cm³/mol. The number of benzene rings is 3. The zero-order chi connectivity index (χ0) is 37.3. The summed E-state index contributed by atoms with van der Waals surface area (Å²) in [6.45, 7) is 0.332. The number of urea groups is 1. The number of carbonyl (C=O) groups excluding carboxylic acids is 6. The highest BCUT2D eigenvalue weighted by Crippen LogP contribution is 2.39. The van der Waals surface area contributed by atoms with Gasteiger partial charge in [-0.25, -0.2) is 18.2 Å². The van der Waals surface area contributed by atoms with Gasteiger partial charge in [0.2, 0.25) is 11.8 Å². The minimum absolute atomic E-state index is 0.0302. The molecule has 5 heterocycles. The second kappa shape index (κ2) is 12.3. The Kier molecular flexibility index (Phi) is 7.78. The van der Waals surface area contributed by atoms with Crippen molar-refractivity contribution in [1.82, 2.24) is 29.6 Å². The number of amides is 7. The van der Waals surface area contributed by atoms with Crippen molar-refractivity contribution in [2.24, 2.45) is 0 Å². The lowest BCUT2D eigenvalue weighted by molar-refractivity contribution is -0.136. The number of hydrogen-bond acceptors (Lipinski definition) is 11. The van der Waals surface area contributed by atoms with Gasteiger partial charge in [-0.3, -0.25) is 38.9 Å². The number of aromatic nitrogens is 2. The Morgan fingerprint density at radius 2 is 1.74 bits per heavy atom. The lowest BCUT2D eigenvalue weighted by Gasteiger charge is -2.39. The Bertz CT molecular complexity index is 2430. The molecule has 1 unspecified atom stereocenters. The molecule has 3 fully saturated rings. The third kappa shape index (κ3) is 5.81. The van der Waals surface area contributed by atoms with Crippen LogP contribution in [0.4, 0.5) is 26.2 Å². The molecule has 0 aliphatic carbocycles. The summed E-state index contributed by atoms with van der Waals surface area (Å²) in [5.74, 6) is -4.93. The number of likely N-dealkylation sites (tertiary alicyclic amines) is 1. The fourth-order valence-electron chi connectivity index (χ4n) is 6.74. The Labute approximate surface area is 298 Å². The molecule has 4 aromatic rings. The molecule has 18 nitrogen and oxygen atoms in total. The number of nitrogens with zero attached hydrogens (tertiary/aromatic N) is 5. The number of aromatic hydroxyl groups is 1. The third-order valence-electron chi connectivity index (χ3n) is 9.47. The standard InChI is InChI=1S/C33H28FN9O9S/c34-28-21-3-2-19(7-17(21)8-25(44)29(28)42-15-27(46)39-53(42,51)52)37-33(50)40-13-20(14-40)41-12-16(11-36-41)10-35-18-1-4-22-23(9-18)32(49)43(31(22)48)24-5-6-26(45)38-30(24)47/h1-4,7-9,11-12,20,24,35,44H,5-6,10,13-15H2,(H,37,50)(H,39,46)(H,38,45,47). The van der Waals surface area contributed by atoms with Crippen LogP contribution in [-0.4, -0.2) is 94.3 Å². The molecule has 7 amide bonds. The predicted octanol–water partition coefficient (Wildman–Crippen LogP) is 1.16. The van der Waals surface area contributed by atoms with Gasteiger partial charge in [-0.05, 0) is 54.3 Å². The summed E-state index contributed by atoms with van der Waals surface area (Å²) in [7, 11) is -4.36. The van der Waals surface area contributed by atoms with Crippen LogP contribution in [0.1, 0.15) is 45.2 Å². The molecule has 3 saturated heterocycles. The molecule has 20 heteroatoms. The average molecular weight is 746 g/mol. The first-order chi connectivity index (χ1) is 25.3. The first kappa shape index (κ1) is 33.6. The van der Waals surface area contributed by atoms with Crippen LogP contribution in [0.15, 0.2) is 54.9 Å². The highest BCUT2D eigenvalue weighted by Gasteiger charge is 2.45. The number of hydrogen-bond donors (Lipinski definition) is 5. The molecule has 0 spiro atoms. The van der Waals surface area contributed by atoms with Crippen molar-refractivity contribution in [2.45, 2.75) is 31.5 Å². The number of phenols is 1. The number of halogens is 1. The number of rotatable bonds is 7. The molecule has 0 saturated carbocycles. The summed E-state index contributed by atoms with van der Waals surface area (Å²) in [6.07, 6.45) is 3.57. The maximum Gasteiger partial charge on any atom is 0.326 e. The van der Waals surface area contributed by atoms with Gasteiger partial charge in [0.1, 0.15) is 24.0 Å². The van der Waals surface area contributed by atoms with Crippen LogP contribution >= 0.6 is 0 Å². The van der Waals surface area contributed by atoms with Crippen LogP contribution in [0.25, 0.3) is 10.8 Å². The van der Waals surface area contributed by atoms with Crippen molar-refractivity contribution in [2.75, 3.05) is 34.6 Å². The zero-order valence-corrected chi connectivity index (χ0v) is 28.1. The van der Waals surface area contributed by atoms with E-state index >= 15 is 4.39 Å². The number of carbonyl (C=O) groups is 6. The van der Waals surface area contributed by atoms with Crippen molar-refractivity contribution in [3.05, 3.63) is 77.4 Å². The van der Waals surface area contributed by atoms with Crippen LogP contribution in [0, 0.1) is 5.82 Å². The number of anilines is 3. The Morgan fingerprint density at radius 1 is 0.981 bits per heavy atom. The second-order valence-electron chi connectivity index (χ2n) is 12.9. The quantitative estimate of drug-likeness (QED) is 0.169. The summed E-state index contributed by atoms with van der Waals surface area (Å²) < 4.78 is 43.7. The first-order valence-electron chi connectivity index (χ1n) is 16.2. The smallest absolute Gasteiger partial charge is 0.326 e. The van der Waals surface area contributed by atoms with Crippen LogP contribution < -0.4 is 25.0 Å². The van der Waals surface area contributed by atoms with Gasteiger partial charge in [0.25, 0.3) is 17.7 Å². The SMILES string of the molecule is O=C1CCC(N2C(=O)c3ccc(NCc4cnn(C5CN(C(=O)Nc6ccc7c(F)c(N8CC(=O)NS8(=O)=O)c(O)cc7c6)C5)c4)cc3C2=O)C(=O)N1. The van der Waals surface area contributed by atoms with Gasteiger partial charge >= 0.3 is 16.2 Å². The molecular weight excluding hydrogens is 717 g/mol. The number of imide groups is 2. The fourth-order valence-corrected chi connectivity index (χ4v) is 7.91. The largest absolute Gasteiger partial charge is 0.506 e. The minimum Gasteiger partial charge on any atom is -0.506 e. The molecular formula is C33H28FN9O9S. The lowest BCUT2D eigenvalue weighted by Crippen LogP contribution is -2.54. The first-order valence-corrected chi connectivity index (χ1v) is 17.7. The van der Waals surface area contributed by atoms with E-state index in [0.717, 1.165) is 16.5 Å². The van der Waals surface area contributed by atoms with E-state index < -0.39 is 75.6 Å². The van der Waals surface area contributed by atoms with Gasteiger partial charge in [0.05, 0.1) is 23.4 Å². The van der Waals surface area contributed by atoms with Gasteiger partial charge in [0.15, 0.2) is 5.82 Å². The molecule has 1 aromatic heterocycles. The zero-order valence-electron chi connectivity index (χ0n) is 27.3. The third-order valence-corrected chi connectivity index (χ3v) is 10.8. The molecule has 1 atom stereocenters. The van der Waals surface area contributed by atoms with E-state index in [9.17, 15) is 42.3 Å². The Hall–Kier alpha value is -6.57. The number of fused-ring (bicyclic) bond motifs is 2. The normalized spacial score (nSPS) is 19.7. The summed E-state index contributed by atoms with van der Waals surface area (Å²) >= 11 is 0. The van der Waals surface area contributed by atoms with E-state index in [1.54, 1.807) is 32.6 Å². The van der Waals surface area contributed by atoms with Crippen LogP contribution in [0.2, 0.25) is 0 Å². The van der Waals surface area contributed by atoms with Crippen molar-refractivity contribution >= 4 is 73.6 Å². The van der Waals surface area contributed by atoms with Gasteiger partial charge in [-0.15, -0.1) is 0 Å². The van der Waals surface area contributed by atoms with Crippen molar-refractivity contribution in [3.63, 3.8) is 0 Å². The summed E-state index contributed by atoms with van der Waals surface area (Å²) in [5, 5.41) is 23.2. The van der Waals surface area contributed by atoms with Crippen molar-refractivity contribution in [1.29, 1.82) is 0 Å². The van der Waals surface area contributed by atoms with Gasteiger partial charge in [-0.1, -0.05) is 0 Å². The van der Waals surface area contributed by atoms with Gasteiger partial charge < -0.3 is 20.6 Å². The van der Waals surface area contributed by atoms with Crippen molar-refractivity contribution < 1.29 is 46.7 Å². The van der Waals surface area contributed by atoms with Crippen LogP contribution in [0.3, 0.4) is 0 Å². The molecule has 0 radical (unpaired) electrons. The molecule has 8 rings (SSSR count). The highest BCUT2D eigenvalue weighted by molar-refractivity contribution is 7.92. The molecule has 5 N–H and O–H groups in total. The van der Waals surface area contributed by atoms with Crippen LogP contribution in [0.5, 0.6) is 5.75 Å². The minimum atomic E-state index is -4.36. The number of phenolic OH excluding ortho intramolecular Hbond substituents is 1. The molecule has 3 aromatic carbocycles. The van der Waals surface area contributed by atoms with E-state index in [0.29, 0.717) is 35.3 Å². The van der Waals surface area contributed by atoms with E-state index in [-0.39, 0.29) is 40.8 Å². The molecule has 0 bridgehead atoms. The summed E-state index contributed by atoms with van der Waals surface area (Å²) in [4.78, 5) is 77.0. The summed E-state index contributed by atoms with van der Waals surface area (Å²) in [6, 6.07) is 8.46. The molecule has 4 aliphatic heterocycles. The van der Waals surface area contributed by atoms with E-state index in [2.05, 4.69) is 21.0 Å². The van der Waals surface area contributed by atoms with E-state index in [1.165, 1.54) is 24.3 Å². The molecule has 4 aliphatic rings. The lowest BCUT2D eigenvalue weighted by atomic mass is 10.0. The van der Waals surface area contributed by atoms with Crippen molar-refractivity contribution in [3.8, 4) is 5.75 Å². The number of piperidine rings is 1. The van der Waals surface area contributed by atoms with Gasteiger partial charge in [-0.2, -0.15) is 13.5 Å². The van der Waals surface area contributed by atoms with Gasteiger partial charge in [0, 0.05) is 54.6 Å². The topological polar surface area (TPSA) is 232 Å². The Morgan fingerprint density at radius 3 is 2.47 bits per heavy atom.